The second kappa shape index (κ2) is 8.80. The van der Waals surface area contributed by atoms with E-state index in [4.69, 9.17) is 10.00 Å². The molecule has 0 amide bonds. The largest absolute Gasteiger partial charge is 0.416 e. The maximum absolute atomic E-state index is 12.6. The molecule has 0 spiro atoms. The quantitative estimate of drug-likeness (QED) is 0.820. The third-order valence-corrected chi connectivity index (χ3v) is 2.61. The molecule has 3 nitrogen and oxygen atoms in total. The molecule has 1 N–H and O–H groups in total. The zero-order chi connectivity index (χ0) is 14.3. The molecule has 1 aromatic carbocycles. The van der Waals surface area contributed by atoms with Gasteiger partial charge in [-0.1, -0.05) is 12.1 Å². The molecule has 0 heterocycles. The molecule has 0 fully saturated rings. The van der Waals surface area contributed by atoms with Gasteiger partial charge in [0.25, 0.3) is 0 Å². The Balaban J connectivity index is 0.00000361. The molecule has 0 aliphatic heterocycles. The molecule has 0 aliphatic carbocycles. The lowest BCUT2D eigenvalue weighted by Crippen LogP contribution is -2.23. The molecule has 0 bridgehead atoms. The minimum Gasteiger partial charge on any atom is -0.375 e. The Hall–Kier alpha value is -1.29. The first-order valence-electron chi connectivity index (χ1n) is 5.76. The Kier molecular flexibility index (Phi) is 8.23. The summed E-state index contributed by atoms with van der Waals surface area (Å²) in [5.74, 6) is 0. The number of nitrogens with zero attached hydrogens (tertiary/aromatic N) is 1. The van der Waals surface area contributed by atoms with E-state index < -0.39 is 17.8 Å². The van der Waals surface area contributed by atoms with Crippen LogP contribution < -0.4 is 5.32 Å². The highest BCUT2D eigenvalue weighted by molar-refractivity contribution is 5.85. The van der Waals surface area contributed by atoms with E-state index in [9.17, 15) is 13.2 Å². The fraction of sp³-hybridized carbons (Fsp3) is 0.462. The summed E-state index contributed by atoms with van der Waals surface area (Å²) in [6.45, 7) is 0.842. The lowest BCUT2D eigenvalue weighted by Gasteiger charge is -2.17. The van der Waals surface area contributed by atoms with Crippen LogP contribution in [0, 0.1) is 11.3 Å². The first kappa shape index (κ1) is 18.7. The number of benzene rings is 1. The van der Waals surface area contributed by atoms with Crippen molar-refractivity contribution in [3.05, 3.63) is 35.4 Å². The molecule has 0 aliphatic rings. The Morgan fingerprint density at radius 2 is 2.10 bits per heavy atom. The number of methoxy groups -OCH3 is 1. The van der Waals surface area contributed by atoms with Gasteiger partial charge in [0.15, 0.2) is 0 Å². The van der Waals surface area contributed by atoms with Gasteiger partial charge in [-0.05, 0) is 17.7 Å². The van der Waals surface area contributed by atoms with Crippen LogP contribution in [-0.2, 0) is 10.9 Å². The van der Waals surface area contributed by atoms with Crippen LogP contribution in [0.5, 0.6) is 0 Å². The van der Waals surface area contributed by atoms with Crippen LogP contribution in [0.4, 0.5) is 13.2 Å². The molecule has 1 unspecified atom stereocenters. The highest BCUT2D eigenvalue weighted by Gasteiger charge is 2.30. The smallest absolute Gasteiger partial charge is 0.375 e. The van der Waals surface area contributed by atoms with Gasteiger partial charge < -0.3 is 10.1 Å². The normalized spacial score (nSPS) is 12.3. The van der Waals surface area contributed by atoms with Crippen LogP contribution in [0.3, 0.4) is 0 Å². The third-order valence-electron chi connectivity index (χ3n) is 2.61. The van der Waals surface area contributed by atoms with Crippen molar-refractivity contribution >= 4 is 12.4 Å². The predicted molar refractivity (Wildman–Crippen MR) is 71.5 cm³/mol. The minimum atomic E-state index is -4.36. The highest BCUT2D eigenvalue weighted by atomic mass is 35.5. The van der Waals surface area contributed by atoms with E-state index >= 15 is 0 Å². The molecule has 1 aromatic rings. The fourth-order valence-corrected chi connectivity index (χ4v) is 1.63. The number of alkyl halides is 3. The van der Waals surface area contributed by atoms with Gasteiger partial charge in [0.2, 0.25) is 0 Å². The average Bonchev–Trinajstić information content (AvgIpc) is 2.38. The number of nitrogens with one attached hydrogen (secondary N) is 1. The molecule has 0 aromatic heterocycles. The summed E-state index contributed by atoms with van der Waals surface area (Å²) in [5, 5.41) is 11.4. The van der Waals surface area contributed by atoms with Crippen LogP contribution in [0.15, 0.2) is 24.3 Å². The lowest BCUT2D eigenvalue weighted by molar-refractivity contribution is -0.137. The highest BCUT2D eigenvalue weighted by Crippen LogP contribution is 2.31. The molecule has 112 valence electrons. The molecule has 0 saturated heterocycles. The van der Waals surface area contributed by atoms with E-state index in [2.05, 4.69) is 5.32 Å². The number of hydrogen-bond acceptors (Lipinski definition) is 3. The summed E-state index contributed by atoms with van der Waals surface area (Å²) >= 11 is 0. The predicted octanol–water partition coefficient (Wildman–Crippen LogP) is 3.32. The van der Waals surface area contributed by atoms with Gasteiger partial charge in [-0.15, -0.1) is 12.4 Å². The van der Waals surface area contributed by atoms with Gasteiger partial charge in [0.05, 0.1) is 17.7 Å². The summed E-state index contributed by atoms with van der Waals surface area (Å²) < 4.78 is 43.0. The van der Waals surface area contributed by atoms with Gasteiger partial charge >= 0.3 is 6.18 Å². The number of rotatable bonds is 6. The maximum atomic E-state index is 12.6. The summed E-state index contributed by atoms with van der Waals surface area (Å²) in [4.78, 5) is 0. The van der Waals surface area contributed by atoms with E-state index in [0.29, 0.717) is 25.1 Å². The number of halogens is 4. The number of hydrogen-bond donors (Lipinski definition) is 1. The standard InChI is InChI=1S/C13H15F3N2O.ClH/c1-19-12(9-18-7-3-6-17)10-4-2-5-11(8-10)13(14,15)16;/h2,4-5,8,12,18H,3,7,9H2,1H3;1H. The van der Waals surface area contributed by atoms with Crippen molar-refractivity contribution in [2.75, 3.05) is 20.2 Å². The Bertz CT molecular complexity index is 446. The lowest BCUT2D eigenvalue weighted by atomic mass is 10.1. The van der Waals surface area contributed by atoms with Crippen LogP contribution >= 0.6 is 12.4 Å². The molecule has 0 radical (unpaired) electrons. The van der Waals surface area contributed by atoms with Gasteiger partial charge in [-0.3, -0.25) is 0 Å². The monoisotopic (exact) mass is 308 g/mol. The number of nitriles is 1. The molecule has 20 heavy (non-hydrogen) atoms. The fourth-order valence-electron chi connectivity index (χ4n) is 1.63. The van der Waals surface area contributed by atoms with Crippen LogP contribution in [0.25, 0.3) is 0 Å². The average molecular weight is 309 g/mol. The van der Waals surface area contributed by atoms with Crippen molar-refractivity contribution in [2.45, 2.75) is 18.7 Å². The van der Waals surface area contributed by atoms with Crippen LogP contribution in [0.2, 0.25) is 0 Å². The SMILES string of the molecule is COC(CNCCC#N)c1cccc(C(F)(F)F)c1.Cl. The zero-order valence-electron chi connectivity index (χ0n) is 10.9. The van der Waals surface area contributed by atoms with Gasteiger partial charge in [0, 0.05) is 26.6 Å². The van der Waals surface area contributed by atoms with Gasteiger partial charge in [-0.25, -0.2) is 0 Å². The van der Waals surface area contributed by atoms with E-state index in [1.165, 1.54) is 13.2 Å². The Labute approximate surface area is 122 Å². The summed E-state index contributed by atoms with van der Waals surface area (Å²) in [6, 6.07) is 7.04. The van der Waals surface area contributed by atoms with Crippen LogP contribution in [-0.4, -0.2) is 20.2 Å². The van der Waals surface area contributed by atoms with E-state index in [1.807, 2.05) is 6.07 Å². The second-order valence-corrected chi connectivity index (χ2v) is 3.96. The van der Waals surface area contributed by atoms with E-state index in [1.54, 1.807) is 6.07 Å². The van der Waals surface area contributed by atoms with Gasteiger partial charge in [-0.2, -0.15) is 18.4 Å². The van der Waals surface area contributed by atoms with Crippen molar-refractivity contribution in [2.24, 2.45) is 0 Å². The molecule has 1 rings (SSSR count). The Morgan fingerprint density at radius 1 is 1.40 bits per heavy atom. The summed E-state index contributed by atoms with van der Waals surface area (Å²) in [6.07, 6.45) is -4.48. The second-order valence-electron chi connectivity index (χ2n) is 3.96. The van der Waals surface area contributed by atoms with Crippen molar-refractivity contribution < 1.29 is 17.9 Å². The van der Waals surface area contributed by atoms with Crippen molar-refractivity contribution in [1.29, 1.82) is 5.26 Å². The first-order valence-corrected chi connectivity index (χ1v) is 5.76. The van der Waals surface area contributed by atoms with Crippen molar-refractivity contribution in [3.8, 4) is 6.07 Å². The minimum absolute atomic E-state index is 0. The molecule has 7 heteroatoms. The molecular weight excluding hydrogens is 293 g/mol. The van der Waals surface area contributed by atoms with Gasteiger partial charge in [0.1, 0.15) is 0 Å². The van der Waals surface area contributed by atoms with Crippen molar-refractivity contribution in [1.82, 2.24) is 5.32 Å². The van der Waals surface area contributed by atoms with Crippen molar-refractivity contribution in [3.63, 3.8) is 0 Å². The van der Waals surface area contributed by atoms with E-state index in [-0.39, 0.29) is 12.4 Å². The molecular formula is C13H16ClF3N2O. The zero-order valence-corrected chi connectivity index (χ0v) is 11.7. The van der Waals surface area contributed by atoms with Crippen LogP contribution in [0.1, 0.15) is 23.7 Å². The molecule has 1 atom stereocenters. The van der Waals surface area contributed by atoms with E-state index in [0.717, 1.165) is 12.1 Å². The summed E-state index contributed by atoms with van der Waals surface area (Å²) in [7, 11) is 1.44. The Morgan fingerprint density at radius 3 is 2.65 bits per heavy atom. The maximum Gasteiger partial charge on any atom is 0.416 e. The first-order chi connectivity index (χ1) is 8.99. The number of ether oxygens (including phenoxy) is 1. The third kappa shape index (κ3) is 5.78. The topological polar surface area (TPSA) is 45.0 Å². The molecule has 0 saturated carbocycles. The summed E-state index contributed by atoms with van der Waals surface area (Å²) in [5.41, 5.74) is -0.231.